The van der Waals surface area contributed by atoms with Gasteiger partial charge in [-0.1, -0.05) is 60.2 Å². The number of anilines is 2. The van der Waals surface area contributed by atoms with Crippen molar-refractivity contribution in [3.63, 3.8) is 0 Å². The lowest BCUT2D eigenvalue weighted by Gasteiger charge is -2.16. The molecular weight excluding hydrogens is 539 g/mol. The highest BCUT2D eigenvalue weighted by Crippen LogP contribution is 2.37. The molecule has 0 radical (unpaired) electrons. The third-order valence-electron chi connectivity index (χ3n) is 6.09. The van der Waals surface area contributed by atoms with E-state index >= 15 is 0 Å². The number of aromatic nitrogens is 1. The Morgan fingerprint density at radius 3 is 2.40 bits per heavy atom. The number of ether oxygens (including phenoxy) is 1. The zero-order chi connectivity index (χ0) is 27.9. The lowest BCUT2D eigenvalue weighted by atomic mass is 10.1. The van der Waals surface area contributed by atoms with E-state index in [9.17, 15) is 9.59 Å². The number of benzene rings is 4. The predicted octanol–water partition coefficient (Wildman–Crippen LogP) is 7.85. The second kappa shape index (κ2) is 12.6. The van der Waals surface area contributed by atoms with Crippen LogP contribution in [0.25, 0.3) is 11.3 Å². The first kappa shape index (κ1) is 27.2. The first-order valence-corrected chi connectivity index (χ1v) is 14.3. The molecule has 0 spiro atoms. The van der Waals surface area contributed by atoms with Crippen LogP contribution >= 0.6 is 23.1 Å². The Balaban J connectivity index is 1.29. The summed E-state index contributed by atoms with van der Waals surface area (Å²) >= 11 is 2.82. The van der Waals surface area contributed by atoms with Crippen LogP contribution in [0.2, 0.25) is 0 Å². The van der Waals surface area contributed by atoms with Gasteiger partial charge >= 0.3 is 0 Å². The van der Waals surface area contributed by atoms with Gasteiger partial charge in [0.15, 0.2) is 5.13 Å². The number of rotatable bonds is 9. The number of thioether (sulfide) groups is 1. The number of methoxy groups -OCH3 is 1. The fraction of sp³-hybridized carbons (Fsp3) is 0.0938. The molecule has 0 aliphatic carbocycles. The summed E-state index contributed by atoms with van der Waals surface area (Å²) in [6.07, 6.45) is 0. The summed E-state index contributed by atoms with van der Waals surface area (Å²) in [5.41, 5.74) is 4.89. The van der Waals surface area contributed by atoms with Crippen LogP contribution < -0.4 is 15.4 Å². The second-order valence-corrected chi connectivity index (χ2v) is 11.1. The number of thiazole rings is 1. The maximum Gasteiger partial charge on any atom is 0.255 e. The van der Waals surface area contributed by atoms with Gasteiger partial charge in [-0.25, -0.2) is 4.98 Å². The van der Waals surface area contributed by atoms with E-state index in [1.54, 1.807) is 13.2 Å². The van der Waals surface area contributed by atoms with Crippen LogP contribution in [0.15, 0.2) is 113 Å². The van der Waals surface area contributed by atoms with Crippen molar-refractivity contribution < 1.29 is 14.3 Å². The fourth-order valence-corrected chi connectivity index (χ4v) is 5.81. The summed E-state index contributed by atoms with van der Waals surface area (Å²) in [4.78, 5) is 31.7. The molecule has 1 aromatic heterocycles. The quantitative estimate of drug-likeness (QED) is 0.178. The van der Waals surface area contributed by atoms with Crippen LogP contribution in [0.5, 0.6) is 5.75 Å². The van der Waals surface area contributed by atoms with Crippen molar-refractivity contribution in [1.29, 1.82) is 0 Å². The highest BCUT2D eigenvalue weighted by atomic mass is 32.2. The molecule has 0 fully saturated rings. The molecule has 2 amide bonds. The molecule has 0 saturated carbocycles. The normalized spacial score (nSPS) is 11.4. The third-order valence-corrected chi connectivity index (χ3v) is 8.11. The molecular formula is C32H27N3O3S2. The van der Waals surface area contributed by atoms with Gasteiger partial charge in [0, 0.05) is 27.1 Å². The molecule has 0 aliphatic heterocycles. The Hall–Kier alpha value is -4.40. The molecule has 5 rings (SSSR count). The monoisotopic (exact) mass is 565 g/mol. The maximum absolute atomic E-state index is 13.5. The van der Waals surface area contributed by atoms with E-state index in [2.05, 4.69) is 15.6 Å². The summed E-state index contributed by atoms with van der Waals surface area (Å²) in [7, 11) is 1.63. The van der Waals surface area contributed by atoms with Crippen molar-refractivity contribution in [3.8, 4) is 17.0 Å². The Bertz CT molecular complexity index is 1620. The highest BCUT2D eigenvalue weighted by molar-refractivity contribution is 8.00. The van der Waals surface area contributed by atoms with E-state index in [1.165, 1.54) is 23.1 Å². The Morgan fingerprint density at radius 2 is 1.65 bits per heavy atom. The van der Waals surface area contributed by atoms with Crippen molar-refractivity contribution in [2.75, 3.05) is 17.7 Å². The van der Waals surface area contributed by atoms with Crippen LogP contribution in [0.1, 0.15) is 26.7 Å². The fourth-order valence-electron chi connectivity index (χ4n) is 4.06. The largest absolute Gasteiger partial charge is 0.497 e. The number of hydrogen-bond donors (Lipinski definition) is 2. The van der Waals surface area contributed by atoms with E-state index < -0.39 is 5.25 Å². The molecule has 8 heteroatoms. The maximum atomic E-state index is 13.5. The van der Waals surface area contributed by atoms with Gasteiger partial charge in [0.1, 0.15) is 11.0 Å². The number of nitrogens with one attached hydrogen (secondary N) is 2. The van der Waals surface area contributed by atoms with Gasteiger partial charge in [-0.3, -0.25) is 9.59 Å². The summed E-state index contributed by atoms with van der Waals surface area (Å²) < 4.78 is 5.32. The number of nitrogens with zero attached hydrogens (tertiary/aromatic N) is 1. The molecule has 1 unspecified atom stereocenters. The molecule has 1 heterocycles. The van der Waals surface area contributed by atoms with E-state index in [0.717, 1.165) is 33.0 Å². The van der Waals surface area contributed by atoms with E-state index in [1.807, 2.05) is 109 Å². The number of carbonyl (C=O) groups excluding carboxylic acids is 2. The molecule has 0 aliphatic rings. The topological polar surface area (TPSA) is 80.3 Å². The lowest BCUT2D eigenvalue weighted by molar-refractivity contribution is -0.115. The van der Waals surface area contributed by atoms with Gasteiger partial charge in [-0.05, 0) is 61.0 Å². The summed E-state index contributed by atoms with van der Waals surface area (Å²) in [5.74, 6) is 0.416. The van der Waals surface area contributed by atoms with Gasteiger partial charge in [0.2, 0.25) is 5.91 Å². The van der Waals surface area contributed by atoms with Crippen molar-refractivity contribution in [1.82, 2.24) is 4.98 Å². The Morgan fingerprint density at radius 1 is 0.875 bits per heavy atom. The van der Waals surface area contributed by atoms with Gasteiger partial charge in [0.25, 0.3) is 5.91 Å². The van der Waals surface area contributed by atoms with Crippen molar-refractivity contribution in [2.24, 2.45) is 0 Å². The number of hydrogen-bond acceptors (Lipinski definition) is 6. The SMILES string of the molecule is COc1cccc(-c2csc(NC(=O)C(Sc3ccc(NC(=O)c4cccc(C)c4)cc3)c3ccccc3)n2)c1. The zero-order valence-electron chi connectivity index (χ0n) is 22.0. The number of carbonyl (C=O) groups is 2. The van der Waals surface area contributed by atoms with Crippen LogP contribution in [-0.2, 0) is 4.79 Å². The number of aryl methyl sites for hydroxylation is 1. The van der Waals surface area contributed by atoms with Crippen molar-refractivity contribution in [2.45, 2.75) is 17.1 Å². The molecule has 5 aromatic rings. The second-order valence-electron chi connectivity index (χ2n) is 9.02. The van der Waals surface area contributed by atoms with Gasteiger partial charge in [-0.2, -0.15) is 0 Å². The van der Waals surface area contributed by atoms with E-state index in [0.29, 0.717) is 16.4 Å². The first-order valence-electron chi connectivity index (χ1n) is 12.6. The van der Waals surface area contributed by atoms with Crippen molar-refractivity contribution >= 4 is 45.7 Å². The van der Waals surface area contributed by atoms with E-state index in [4.69, 9.17) is 4.74 Å². The molecule has 4 aromatic carbocycles. The third kappa shape index (κ3) is 6.77. The standard InChI is InChI=1S/C32H27N3O3S2/c1-21-8-6-12-24(18-21)30(36)33-25-14-16-27(17-15-25)40-29(22-9-4-3-5-10-22)31(37)35-32-34-28(20-39-32)23-11-7-13-26(19-23)38-2/h3-20,29H,1-2H3,(H,33,36)(H,34,35,37). The molecule has 0 saturated heterocycles. The van der Waals surface area contributed by atoms with Gasteiger partial charge < -0.3 is 15.4 Å². The smallest absolute Gasteiger partial charge is 0.255 e. The van der Waals surface area contributed by atoms with Crippen LogP contribution in [0.4, 0.5) is 10.8 Å². The zero-order valence-corrected chi connectivity index (χ0v) is 23.6. The molecule has 40 heavy (non-hydrogen) atoms. The van der Waals surface area contributed by atoms with Crippen LogP contribution in [0.3, 0.4) is 0 Å². The molecule has 0 bridgehead atoms. The minimum absolute atomic E-state index is 0.164. The molecule has 6 nitrogen and oxygen atoms in total. The molecule has 2 N–H and O–H groups in total. The van der Waals surface area contributed by atoms with Crippen molar-refractivity contribution in [3.05, 3.63) is 125 Å². The van der Waals surface area contributed by atoms with Gasteiger partial charge in [-0.15, -0.1) is 23.1 Å². The highest BCUT2D eigenvalue weighted by Gasteiger charge is 2.23. The summed E-state index contributed by atoms with van der Waals surface area (Å²) in [6, 6.07) is 32.3. The van der Waals surface area contributed by atoms with E-state index in [-0.39, 0.29) is 11.8 Å². The lowest BCUT2D eigenvalue weighted by Crippen LogP contribution is -2.19. The minimum atomic E-state index is -0.502. The average Bonchev–Trinajstić information content (AvgIpc) is 3.45. The minimum Gasteiger partial charge on any atom is -0.497 e. The molecule has 200 valence electrons. The Labute approximate surface area is 241 Å². The summed E-state index contributed by atoms with van der Waals surface area (Å²) in [6.45, 7) is 1.95. The first-order chi connectivity index (χ1) is 19.5. The average molecular weight is 566 g/mol. The van der Waals surface area contributed by atoms with Crippen LogP contribution in [0, 0.1) is 6.92 Å². The predicted molar refractivity (Wildman–Crippen MR) is 163 cm³/mol. The molecule has 1 atom stereocenters. The Kier molecular flexibility index (Phi) is 8.59. The summed E-state index contributed by atoms with van der Waals surface area (Å²) in [5, 5.41) is 7.87. The van der Waals surface area contributed by atoms with Crippen LogP contribution in [-0.4, -0.2) is 23.9 Å². The van der Waals surface area contributed by atoms with Gasteiger partial charge in [0.05, 0.1) is 12.8 Å². The number of amides is 2.